The predicted molar refractivity (Wildman–Crippen MR) is 77.0 cm³/mol. The topological polar surface area (TPSA) is 12.0 Å². The van der Waals surface area contributed by atoms with Crippen molar-refractivity contribution >= 4 is 15.9 Å². The normalized spacial score (nSPS) is 20.0. The van der Waals surface area contributed by atoms with E-state index >= 15 is 0 Å². The summed E-state index contributed by atoms with van der Waals surface area (Å²) in [7, 11) is 0. The van der Waals surface area contributed by atoms with E-state index in [1.807, 2.05) is 6.07 Å². The largest absolute Gasteiger partial charge is 0.310 e. The smallest absolute Gasteiger partial charge is 0.137 e. The molecule has 0 saturated heterocycles. The summed E-state index contributed by atoms with van der Waals surface area (Å²) in [4.78, 5) is 0. The molecule has 1 fully saturated rings. The molecule has 1 saturated carbocycles. The predicted octanol–water partition coefficient (Wildman–Crippen LogP) is 4.65. The van der Waals surface area contributed by atoms with Crippen LogP contribution in [0.15, 0.2) is 22.7 Å². The Bertz CT molecular complexity index is 407. The molecule has 1 N–H and O–H groups in total. The maximum atomic E-state index is 13.4. The molecule has 0 bridgehead atoms. The SMILES string of the molecule is CC1(C)CCC(NCc2ccc(Br)c(F)c2)CC1. The lowest BCUT2D eigenvalue weighted by Crippen LogP contribution is -2.35. The highest BCUT2D eigenvalue weighted by atomic mass is 79.9. The van der Waals surface area contributed by atoms with Crippen LogP contribution in [0.25, 0.3) is 0 Å². The Morgan fingerprint density at radius 2 is 2.00 bits per heavy atom. The van der Waals surface area contributed by atoms with Crippen molar-refractivity contribution in [2.75, 3.05) is 0 Å². The van der Waals surface area contributed by atoms with E-state index in [4.69, 9.17) is 0 Å². The first-order chi connectivity index (χ1) is 8.46. The fraction of sp³-hybridized carbons (Fsp3) is 0.600. The third-order valence-corrected chi connectivity index (χ3v) is 4.56. The maximum absolute atomic E-state index is 13.4. The molecule has 0 amide bonds. The summed E-state index contributed by atoms with van der Waals surface area (Å²) in [5, 5.41) is 3.54. The molecule has 3 heteroatoms. The summed E-state index contributed by atoms with van der Waals surface area (Å²) in [6.45, 7) is 5.44. The molecule has 18 heavy (non-hydrogen) atoms. The van der Waals surface area contributed by atoms with Gasteiger partial charge in [0, 0.05) is 12.6 Å². The van der Waals surface area contributed by atoms with E-state index in [0.29, 0.717) is 15.9 Å². The lowest BCUT2D eigenvalue weighted by atomic mass is 9.75. The number of rotatable bonds is 3. The van der Waals surface area contributed by atoms with Crippen LogP contribution in [0.2, 0.25) is 0 Å². The van der Waals surface area contributed by atoms with Crippen molar-refractivity contribution in [2.24, 2.45) is 5.41 Å². The van der Waals surface area contributed by atoms with Crippen molar-refractivity contribution < 1.29 is 4.39 Å². The van der Waals surface area contributed by atoms with Crippen LogP contribution >= 0.6 is 15.9 Å². The van der Waals surface area contributed by atoms with Gasteiger partial charge < -0.3 is 5.32 Å². The van der Waals surface area contributed by atoms with Gasteiger partial charge in [-0.1, -0.05) is 19.9 Å². The van der Waals surface area contributed by atoms with E-state index < -0.39 is 0 Å². The third kappa shape index (κ3) is 3.79. The van der Waals surface area contributed by atoms with Crippen molar-refractivity contribution in [3.63, 3.8) is 0 Å². The zero-order valence-electron chi connectivity index (χ0n) is 11.1. The average Bonchev–Trinajstić information content (AvgIpc) is 2.32. The van der Waals surface area contributed by atoms with Gasteiger partial charge in [-0.3, -0.25) is 0 Å². The quantitative estimate of drug-likeness (QED) is 0.856. The fourth-order valence-corrected chi connectivity index (χ4v) is 2.76. The average molecular weight is 314 g/mol. The first-order valence-corrected chi connectivity index (χ1v) is 7.43. The molecule has 100 valence electrons. The van der Waals surface area contributed by atoms with Gasteiger partial charge in [-0.15, -0.1) is 0 Å². The van der Waals surface area contributed by atoms with Crippen LogP contribution in [0.3, 0.4) is 0 Å². The maximum Gasteiger partial charge on any atom is 0.137 e. The molecule has 1 aliphatic carbocycles. The molecule has 0 unspecified atom stereocenters. The number of nitrogens with one attached hydrogen (secondary N) is 1. The molecular formula is C15H21BrFN. The molecule has 1 aromatic rings. The highest BCUT2D eigenvalue weighted by molar-refractivity contribution is 9.10. The van der Waals surface area contributed by atoms with Crippen LogP contribution in [0, 0.1) is 11.2 Å². The van der Waals surface area contributed by atoms with Crippen LogP contribution in [0.5, 0.6) is 0 Å². The van der Waals surface area contributed by atoms with Crippen molar-refractivity contribution in [2.45, 2.75) is 52.1 Å². The van der Waals surface area contributed by atoms with Gasteiger partial charge in [-0.05, 0) is 64.7 Å². The van der Waals surface area contributed by atoms with Gasteiger partial charge in [0.05, 0.1) is 4.47 Å². The number of hydrogen-bond acceptors (Lipinski definition) is 1. The minimum Gasteiger partial charge on any atom is -0.310 e. The zero-order valence-corrected chi connectivity index (χ0v) is 12.7. The first kappa shape index (κ1) is 14.0. The Kier molecular flexibility index (Phi) is 4.44. The summed E-state index contributed by atoms with van der Waals surface area (Å²) in [5.74, 6) is -0.181. The van der Waals surface area contributed by atoms with Gasteiger partial charge in [-0.2, -0.15) is 0 Å². The monoisotopic (exact) mass is 313 g/mol. The Labute approximate surface area is 117 Å². The molecule has 0 radical (unpaired) electrons. The van der Waals surface area contributed by atoms with Gasteiger partial charge in [0.25, 0.3) is 0 Å². The van der Waals surface area contributed by atoms with E-state index in [1.165, 1.54) is 25.7 Å². The van der Waals surface area contributed by atoms with Crippen molar-refractivity contribution in [1.29, 1.82) is 0 Å². The summed E-state index contributed by atoms with van der Waals surface area (Å²) >= 11 is 3.17. The molecule has 0 spiro atoms. The van der Waals surface area contributed by atoms with Crippen LogP contribution in [0.1, 0.15) is 45.1 Å². The van der Waals surface area contributed by atoms with Crippen LogP contribution in [0.4, 0.5) is 4.39 Å². The molecule has 0 aromatic heterocycles. The second-order valence-electron chi connectivity index (χ2n) is 6.07. The van der Waals surface area contributed by atoms with E-state index in [2.05, 4.69) is 35.1 Å². The molecule has 1 aliphatic rings. The molecule has 0 aliphatic heterocycles. The summed E-state index contributed by atoms with van der Waals surface area (Å²) in [5.41, 5.74) is 1.52. The van der Waals surface area contributed by atoms with Crippen LogP contribution in [-0.2, 0) is 6.54 Å². The Morgan fingerprint density at radius 1 is 1.33 bits per heavy atom. The van der Waals surface area contributed by atoms with Gasteiger partial charge in [0.2, 0.25) is 0 Å². The molecule has 0 atom stereocenters. The second-order valence-corrected chi connectivity index (χ2v) is 6.92. The second kappa shape index (κ2) is 5.70. The Hall–Kier alpha value is -0.410. The Balaban J connectivity index is 1.83. The van der Waals surface area contributed by atoms with Crippen LogP contribution < -0.4 is 5.32 Å². The fourth-order valence-electron chi connectivity index (χ4n) is 2.52. The van der Waals surface area contributed by atoms with Gasteiger partial charge >= 0.3 is 0 Å². The number of benzene rings is 1. The highest BCUT2D eigenvalue weighted by Crippen LogP contribution is 2.35. The highest BCUT2D eigenvalue weighted by Gasteiger charge is 2.26. The van der Waals surface area contributed by atoms with E-state index in [0.717, 1.165) is 12.1 Å². The molecule has 1 nitrogen and oxygen atoms in total. The standard InChI is InChI=1S/C15H21BrFN/c1-15(2)7-5-12(6-8-15)18-10-11-3-4-13(16)14(17)9-11/h3-4,9,12,18H,5-8,10H2,1-2H3. The van der Waals surface area contributed by atoms with E-state index in [1.54, 1.807) is 12.1 Å². The minimum atomic E-state index is -0.181. The van der Waals surface area contributed by atoms with Crippen molar-refractivity contribution in [3.8, 4) is 0 Å². The van der Waals surface area contributed by atoms with Gasteiger partial charge in [-0.25, -0.2) is 4.39 Å². The van der Waals surface area contributed by atoms with Crippen molar-refractivity contribution in [1.82, 2.24) is 5.32 Å². The van der Waals surface area contributed by atoms with Gasteiger partial charge in [0.15, 0.2) is 0 Å². The van der Waals surface area contributed by atoms with E-state index in [9.17, 15) is 4.39 Å². The lowest BCUT2D eigenvalue weighted by molar-refractivity contribution is 0.206. The summed E-state index contributed by atoms with van der Waals surface area (Å²) in [6, 6.07) is 5.93. The lowest BCUT2D eigenvalue weighted by Gasteiger charge is -2.34. The molecule has 2 rings (SSSR count). The molecular weight excluding hydrogens is 293 g/mol. The van der Waals surface area contributed by atoms with E-state index in [-0.39, 0.29) is 5.82 Å². The molecule has 0 heterocycles. The van der Waals surface area contributed by atoms with Crippen molar-refractivity contribution in [3.05, 3.63) is 34.1 Å². The molecule has 1 aromatic carbocycles. The minimum absolute atomic E-state index is 0.181. The van der Waals surface area contributed by atoms with Gasteiger partial charge in [0.1, 0.15) is 5.82 Å². The first-order valence-electron chi connectivity index (χ1n) is 6.64. The zero-order chi connectivity index (χ0) is 13.2. The Morgan fingerprint density at radius 3 is 2.61 bits per heavy atom. The number of hydrogen-bond donors (Lipinski definition) is 1. The summed E-state index contributed by atoms with van der Waals surface area (Å²) in [6.07, 6.45) is 5.01. The van der Waals surface area contributed by atoms with Crippen LogP contribution in [-0.4, -0.2) is 6.04 Å². The third-order valence-electron chi connectivity index (χ3n) is 3.92. The number of halogens is 2. The summed E-state index contributed by atoms with van der Waals surface area (Å²) < 4.78 is 13.9.